The number of rotatable bonds is 4. The average Bonchev–Trinajstić information content (AvgIpc) is 3.14. The number of anilines is 1. The summed E-state index contributed by atoms with van der Waals surface area (Å²) in [5.41, 5.74) is 7.02. The third-order valence-electron chi connectivity index (χ3n) is 4.28. The molecule has 3 rings (SSSR count). The molecule has 0 spiro atoms. The first-order chi connectivity index (χ1) is 9.74. The molecule has 1 aromatic rings. The highest BCUT2D eigenvalue weighted by atomic mass is 16.5. The molecule has 6 heteroatoms. The minimum Gasteiger partial charge on any atom is -0.381 e. The van der Waals surface area contributed by atoms with Gasteiger partial charge < -0.3 is 15.4 Å². The number of aromatic nitrogens is 2. The van der Waals surface area contributed by atoms with E-state index in [0.29, 0.717) is 19.1 Å². The molecule has 0 aliphatic carbocycles. The van der Waals surface area contributed by atoms with Crippen molar-refractivity contribution in [1.29, 1.82) is 0 Å². The SMILES string of the molecule is NC(Cn1ncc(N2CCCC2)cc1=O)C1CCOC1. The molecule has 110 valence electrons. The lowest BCUT2D eigenvalue weighted by Gasteiger charge is -2.20. The molecule has 0 saturated carbocycles. The Kier molecular flexibility index (Phi) is 4.03. The van der Waals surface area contributed by atoms with Gasteiger partial charge in [0.05, 0.1) is 25.0 Å². The molecule has 0 aromatic carbocycles. The van der Waals surface area contributed by atoms with E-state index in [1.165, 1.54) is 17.5 Å². The van der Waals surface area contributed by atoms with E-state index in [9.17, 15) is 4.79 Å². The van der Waals surface area contributed by atoms with E-state index < -0.39 is 0 Å². The van der Waals surface area contributed by atoms with Gasteiger partial charge in [0.2, 0.25) is 0 Å². The zero-order valence-corrected chi connectivity index (χ0v) is 11.7. The lowest BCUT2D eigenvalue weighted by molar-refractivity contribution is 0.178. The van der Waals surface area contributed by atoms with Gasteiger partial charge in [-0.15, -0.1) is 0 Å². The lowest BCUT2D eigenvalue weighted by Crippen LogP contribution is -2.39. The highest BCUT2D eigenvalue weighted by molar-refractivity contribution is 5.43. The molecule has 2 saturated heterocycles. The van der Waals surface area contributed by atoms with E-state index in [1.54, 1.807) is 12.3 Å². The first-order valence-corrected chi connectivity index (χ1v) is 7.39. The zero-order chi connectivity index (χ0) is 13.9. The molecule has 20 heavy (non-hydrogen) atoms. The van der Waals surface area contributed by atoms with Crippen LogP contribution in [0, 0.1) is 5.92 Å². The second-order valence-electron chi connectivity index (χ2n) is 5.72. The summed E-state index contributed by atoms with van der Waals surface area (Å²) in [5.74, 6) is 0.335. The van der Waals surface area contributed by atoms with Crippen LogP contribution in [-0.4, -0.2) is 42.1 Å². The van der Waals surface area contributed by atoms with E-state index in [0.717, 1.165) is 31.8 Å². The molecule has 2 atom stereocenters. The van der Waals surface area contributed by atoms with Crippen LogP contribution in [-0.2, 0) is 11.3 Å². The second-order valence-corrected chi connectivity index (χ2v) is 5.72. The van der Waals surface area contributed by atoms with Crippen LogP contribution >= 0.6 is 0 Å². The molecule has 2 unspecified atom stereocenters. The predicted molar refractivity (Wildman–Crippen MR) is 76.8 cm³/mol. The Morgan fingerprint density at radius 3 is 2.90 bits per heavy atom. The van der Waals surface area contributed by atoms with Crippen LogP contribution in [0.2, 0.25) is 0 Å². The summed E-state index contributed by atoms with van der Waals surface area (Å²) in [5, 5.41) is 4.28. The van der Waals surface area contributed by atoms with Crippen molar-refractivity contribution in [2.45, 2.75) is 31.8 Å². The maximum absolute atomic E-state index is 12.1. The Hall–Kier alpha value is -1.40. The van der Waals surface area contributed by atoms with Gasteiger partial charge in [-0.3, -0.25) is 4.79 Å². The number of nitrogens with zero attached hydrogens (tertiary/aromatic N) is 3. The normalized spacial score (nSPS) is 24.2. The number of hydrogen-bond donors (Lipinski definition) is 1. The third kappa shape index (κ3) is 2.86. The maximum Gasteiger partial charge on any atom is 0.268 e. The van der Waals surface area contributed by atoms with Crippen LogP contribution in [0.3, 0.4) is 0 Å². The number of hydrogen-bond acceptors (Lipinski definition) is 5. The molecule has 0 bridgehead atoms. The summed E-state index contributed by atoms with van der Waals surface area (Å²) in [6, 6.07) is 1.61. The first-order valence-electron chi connectivity index (χ1n) is 7.39. The Morgan fingerprint density at radius 1 is 1.45 bits per heavy atom. The third-order valence-corrected chi connectivity index (χ3v) is 4.28. The van der Waals surface area contributed by atoms with Gasteiger partial charge in [-0.05, 0) is 19.3 Å². The summed E-state index contributed by atoms with van der Waals surface area (Å²) in [7, 11) is 0. The van der Waals surface area contributed by atoms with Gasteiger partial charge in [-0.25, -0.2) is 4.68 Å². The molecule has 0 radical (unpaired) electrons. The summed E-state index contributed by atoms with van der Waals surface area (Å²) in [6.45, 7) is 3.97. The monoisotopic (exact) mass is 278 g/mol. The van der Waals surface area contributed by atoms with Crippen molar-refractivity contribution in [2.75, 3.05) is 31.2 Å². The van der Waals surface area contributed by atoms with Crippen molar-refractivity contribution in [1.82, 2.24) is 9.78 Å². The van der Waals surface area contributed by atoms with Crippen LogP contribution in [0.5, 0.6) is 0 Å². The summed E-state index contributed by atoms with van der Waals surface area (Å²) >= 11 is 0. The van der Waals surface area contributed by atoms with Gasteiger partial charge in [0.1, 0.15) is 0 Å². The average molecular weight is 278 g/mol. The van der Waals surface area contributed by atoms with E-state index in [1.807, 2.05) is 0 Å². The summed E-state index contributed by atoms with van der Waals surface area (Å²) in [6.07, 6.45) is 5.14. The smallest absolute Gasteiger partial charge is 0.268 e. The van der Waals surface area contributed by atoms with Crippen molar-refractivity contribution in [3.8, 4) is 0 Å². The fourth-order valence-electron chi connectivity index (χ4n) is 2.95. The van der Waals surface area contributed by atoms with Gasteiger partial charge in [0.15, 0.2) is 0 Å². The fraction of sp³-hybridized carbons (Fsp3) is 0.714. The van der Waals surface area contributed by atoms with Crippen LogP contribution in [0.25, 0.3) is 0 Å². The van der Waals surface area contributed by atoms with Crippen molar-refractivity contribution in [3.05, 3.63) is 22.6 Å². The van der Waals surface area contributed by atoms with Crippen molar-refractivity contribution in [3.63, 3.8) is 0 Å². The number of nitrogens with two attached hydrogens (primary N) is 1. The Morgan fingerprint density at radius 2 is 2.25 bits per heavy atom. The standard InChI is InChI=1S/C14H22N4O2/c15-13(11-3-6-20-10-11)9-18-14(19)7-12(8-16-18)17-4-1-2-5-17/h7-8,11,13H,1-6,9-10,15H2. The van der Waals surface area contributed by atoms with Crippen LogP contribution in [0.15, 0.2) is 17.1 Å². The Labute approximate surface area is 118 Å². The molecular formula is C14H22N4O2. The molecule has 2 fully saturated rings. The second kappa shape index (κ2) is 5.93. The van der Waals surface area contributed by atoms with Gasteiger partial charge in [0, 0.05) is 37.7 Å². The molecule has 3 heterocycles. The minimum absolute atomic E-state index is 0.0660. The van der Waals surface area contributed by atoms with Crippen LogP contribution < -0.4 is 16.2 Å². The van der Waals surface area contributed by atoms with Crippen LogP contribution in [0.4, 0.5) is 5.69 Å². The molecular weight excluding hydrogens is 256 g/mol. The van der Waals surface area contributed by atoms with Crippen molar-refractivity contribution in [2.24, 2.45) is 11.7 Å². The lowest BCUT2D eigenvalue weighted by atomic mass is 10.0. The number of ether oxygens (including phenoxy) is 1. The van der Waals surface area contributed by atoms with E-state index in [-0.39, 0.29) is 11.6 Å². The summed E-state index contributed by atoms with van der Waals surface area (Å²) < 4.78 is 6.81. The Bertz CT molecular complexity index is 504. The van der Waals surface area contributed by atoms with Gasteiger partial charge in [-0.1, -0.05) is 0 Å². The summed E-state index contributed by atoms with van der Waals surface area (Å²) in [4.78, 5) is 14.3. The zero-order valence-electron chi connectivity index (χ0n) is 11.7. The topological polar surface area (TPSA) is 73.4 Å². The van der Waals surface area contributed by atoms with E-state index >= 15 is 0 Å². The highest BCUT2D eigenvalue weighted by Gasteiger charge is 2.23. The minimum atomic E-state index is -0.0691. The van der Waals surface area contributed by atoms with Gasteiger partial charge >= 0.3 is 0 Å². The van der Waals surface area contributed by atoms with E-state index in [4.69, 9.17) is 10.5 Å². The van der Waals surface area contributed by atoms with Crippen molar-refractivity contribution < 1.29 is 4.74 Å². The quantitative estimate of drug-likeness (QED) is 0.852. The largest absolute Gasteiger partial charge is 0.381 e. The predicted octanol–water partition coefficient (Wildman–Crippen LogP) is 0.207. The molecule has 2 aliphatic heterocycles. The van der Waals surface area contributed by atoms with Gasteiger partial charge in [-0.2, -0.15) is 5.10 Å². The molecule has 2 N–H and O–H groups in total. The highest BCUT2D eigenvalue weighted by Crippen LogP contribution is 2.18. The van der Waals surface area contributed by atoms with Crippen LogP contribution in [0.1, 0.15) is 19.3 Å². The fourth-order valence-corrected chi connectivity index (χ4v) is 2.95. The van der Waals surface area contributed by atoms with Gasteiger partial charge in [0.25, 0.3) is 5.56 Å². The van der Waals surface area contributed by atoms with E-state index in [2.05, 4.69) is 10.00 Å². The molecule has 6 nitrogen and oxygen atoms in total. The molecule has 0 amide bonds. The molecule has 1 aromatic heterocycles. The van der Waals surface area contributed by atoms with Crippen molar-refractivity contribution >= 4 is 5.69 Å². The Balaban J connectivity index is 1.69. The maximum atomic E-state index is 12.1. The first kappa shape index (κ1) is 13.6. The molecule has 2 aliphatic rings.